The second-order valence-electron chi connectivity index (χ2n) is 18.3. The van der Waals surface area contributed by atoms with Gasteiger partial charge in [-0.25, -0.2) is 36.8 Å². The van der Waals surface area contributed by atoms with Crippen molar-refractivity contribution in [1.29, 1.82) is 0 Å². The van der Waals surface area contributed by atoms with Crippen LogP contribution in [0.3, 0.4) is 0 Å². The Labute approximate surface area is 422 Å². The van der Waals surface area contributed by atoms with Gasteiger partial charge in [-0.3, -0.25) is 9.13 Å². The predicted octanol–water partition coefficient (Wildman–Crippen LogP) is 6.77. The highest BCUT2D eigenvalue weighted by molar-refractivity contribution is 7.91. The summed E-state index contributed by atoms with van der Waals surface area (Å²) in [6, 6.07) is 10.8. The molecule has 2 aliphatic rings. The fraction of sp³-hybridized carbons (Fsp3) is 0.520. The van der Waals surface area contributed by atoms with Crippen LogP contribution in [-0.4, -0.2) is 132 Å². The van der Waals surface area contributed by atoms with Crippen LogP contribution in [0.1, 0.15) is 123 Å². The lowest BCUT2D eigenvalue weighted by Gasteiger charge is -2.24. The Balaban J connectivity index is 0.000000211. The smallest absolute Gasteiger partial charge is 0.160 e. The van der Waals surface area contributed by atoms with Crippen molar-refractivity contribution < 1.29 is 45.3 Å². The molecule has 22 heteroatoms. The predicted molar refractivity (Wildman–Crippen MR) is 269 cm³/mol. The molecule has 388 valence electrons. The molecule has 0 aliphatic carbocycles. The molecular weight excluding hydrogens is 965 g/mol. The number of aryl methyl sites for hydroxylation is 2. The van der Waals surface area contributed by atoms with Crippen LogP contribution in [0, 0.1) is 13.8 Å². The number of ether oxygens (including phenoxy) is 6. The van der Waals surface area contributed by atoms with E-state index < -0.39 is 42.0 Å². The highest BCUT2D eigenvalue weighted by atomic mass is 32.2. The van der Waals surface area contributed by atoms with Crippen molar-refractivity contribution in [3.05, 3.63) is 107 Å². The molecule has 0 N–H and O–H groups in total. The molecule has 0 amide bonds. The van der Waals surface area contributed by atoms with Gasteiger partial charge >= 0.3 is 0 Å². The van der Waals surface area contributed by atoms with Gasteiger partial charge in [0.1, 0.15) is 69.2 Å². The molecule has 8 rings (SSSR count). The van der Waals surface area contributed by atoms with Gasteiger partial charge in [0.2, 0.25) is 0 Å². The Morgan fingerprint density at radius 1 is 0.556 bits per heavy atom. The van der Waals surface area contributed by atoms with Gasteiger partial charge in [-0.05, 0) is 88.8 Å². The van der Waals surface area contributed by atoms with Crippen molar-refractivity contribution in [2.75, 3.05) is 54.9 Å². The second kappa shape index (κ2) is 23.6. The van der Waals surface area contributed by atoms with Gasteiger partial charge in [-0.15, -0.1) is 20.4 Å². The van der Waals surface area contributed by atoms with Gasteiger partial charge in [0, 0.05) is 61.7 Å². The first kappa shape index (κ1) is 53.7. The average molecular weight is 1030 g/mol. The number of rotatable bonds is 18. The minimum Gasteiger partial charge on any atom is -0.494 e. The van der Waals surface area contributed by atoms with Crippen LogP contribution in [0.15, 0.2) is 61.2 Å². The highest BCUT2D eigenvalue weighted by Gasteiger charge is 2.36. The van der Waals surface area contributed by atoms with Gasteiger partial charge in [-0.1, -0.05) is 26.0 Å². The van der Waals surface area contributed by atoms with Crippen LogP contribution < -0.4 is 18.9 Å². The molecule has 4 aromatic heterocycles. The number of methoxy groups -OCH3 is 4. The Kier molecular flexibility index (Phi) is 17.6. The maximum absolute atomic E-state index is 13.6. The molecule has 72 heavy (non-hydrogen) atoms. The van der Waals surface area contributed by atoms with E-state index in [0.29, 0.717) is 95.7 Å². The Morgan fingerprint density at radius 2 is 0.889 bits per heavy atom. The van der Waals surface area contributed by atoms with E-state index in [2.05, 4.69) is 40.3 Å². The zero-order valence-electron chi connectivity index (χ0n) is 42.7. The normalized spacial score (nSPS) is 18.0. The third kappa shape index (κ3) is 11.9. The zero-order valence-corrected chi connectivity index (χ0v) is 44.3. The topological polar surface area (TPSA) is 237 Å². The van der Waals surface area contributed by atoms with Crippen molar-refractivity contribution in [1.82, 2.24) is 49.5 Å². The van der Waals surface area contributed by atoms with Crippen molar-refractivity contribution >= 4 is 19.7 Å². The molecule has 0 saturated carbocycles. The number of hydrogen-bond donors (Lipinski definition) is 0. The van der Waals surface area contributed by atoms with Gasteiger partial charge < -0.3 is 28.4 Å². The van der Waals surface area contributed by atoms with Crippen LogP contribution in [0.25, 0.3) is 11.4 Å². The number of nitrogens with zero attached hydrogens (tertiary/aromatic N) is 10. The summed E-state index contributed by atoms with van der Waals surface area (Å²) in [7, 11) is -1.10. The van der Waals surface area contributed by atoms with E-state index in [-0.39, 0.29) is 23.3 Å². The molecule has 20 nitrogen and oxygen atoms in total. The second-order valence-corrected chi connectivity index (χ2v) is 23.0. The summed E-state index contributed by atoms with van der Waals surface area (Å²) in [5.74, 6) is 3.44. The van der Waals surface area contributed by atoms with Gasteiger partial charge in [0.05, 0.1) is 52.2 Å². The summed E-state index contributed by atoms with van der Waals surface area (Å²) in [6.07, 6.45) is 10.3. The maximum atomic E-state index is 13.6. The average Bonchev–Trinajstić information content (AvgIpc) is 4.01. The highest BCUT2D eigenvalue weighted by Crippen LogP contribution is 2.40. The lowest BCUT2D eigenvalue weighted by Crippen LogP contribution is -2.28. The van der Waals surface area contributed by atoms with Crippen LogP contribution in [0.2, 0.25) is 0 Å². The summed E-state index contributed by atoms with van der Waals surface area (Å²) < 4.78 is 92.0. The number of para-hydroxylation sites is 2. The summed E-state index contributed by atoms with van der Waals surface area (Å²) in [6.45, 7) is 13.2. The molecule has 2 saturated heterocycles. The van der Waals surface area contributed by atoms with Crippen LogP contribution in [-0.2, 0) is 40.7 Å². The van der Waals surface area contributed by atoms with Crippen molar-refractivity contribution in [3.63, 3.8) is 0 Å². The van der Waals surface area contributed by atoms with Gasteiger partial charge in [-0.2, -0.15) is 0 Å². The molecule has 6 atom stereocenters. The third-order valence-electron chi connectivity index (χ3n) is 13.4. The molecule has 0 spiro atoms. The number of benzene rings is 2. The minimum atomic E-state index is -3.67. The standard InChI is InChI=1S/2C25H33N5O5S/c2*1-16-12-26-24(27-13-16)17(2)18(3)36(31,32)15-22-28-29-25(19-8-7-11-35-14-19)30(22)23-20(33-4)9-6-10-21(23)34-5/h2*6,9-10,12-13,17-19H,7-8,11,14-15H2,1-5H3/t17-,18-,19+;17-,18-,19-/m00/s1. The molecule has 2 fully saturated rings. The van der Waals surface area contributed by atoms with E-state index in [4.69, 9.17) is 28.4 Å². The third-order valence-corrected chi connectivity index (χ3v) is 17.8. The quantitative estimate of drug-likeness (QED) is 0.0863. The maximum Gasteiger partial charge on any atom is 0.160 e. The number of aromatic nitrogens is 10. The monoisotopic (exact) mass is 1030 g/mol. The first-order chi connectivity index (χ1) is 34.5. The Hall–Kier alpha value is -6.10. The Morgan fingerprint density at radius 3 is 1.18 bits per heavy atom. The molecule has 0 bridgehead atoms. The van der Waals surface area contributed by atoms with E-state index in [9.17, 15) is 16.8 Å². The minimum absolute atomic E-state index is 0.0328. The molecule has 2 aliphatic heterocycles. The van der Waals surface area contributed by atoms with Crippen LogP contribution in [0.5, 0.6) is 23.0 Å². The van der Waals surface area contributed by atoms with Crippen molar-refractivity contribution in [3.8, 4) is 34.4 Å². The van der Waals surface area contributed by atoms with E-state index in [1.807, 2.05) is 39.8 Å². The first-order valence-corrected chi connectivity index (χ1v) is 27.4. The molecule has 0 radical (unpaired) electrons. The number of sulfone groups is 2. The molecule has 0 unspecified atom stereocenters. The van der Waals surface area contributed by atoms with E-state index >= 15 is 0 Å². The lowest BCUT2D eigenvalue weighted by atomic mass is 10.0. The van der Waals surface area contributed by atoms with Crippen molar-refractivity contribution in [2.24, 2.45) is 0 Å². The van der Waals surface area contributed by atoms with Gasteiger partial charge in [0.15, 0.2) is 31.3 Å². The van der Waals surface area contributed by atoms with E-state index in [1.54, 1.807) is 100 Å². The summed E-state index contributed by atoms with van der Waals surface area (Å²) in [5, 5.41) is 16.2. The zero-order chi connectivity index (χ0) is 51.7. The molecule has 6 aromatic rings. The SMILES string of the molecule is COc1cccc(OC)c1-n1c(CS(=O)(=O)[C@@H](C)[C@H](C)c2ncc(C)cn2)nnc1[C@@H]1CCCOC1.COc1cccc(OC)c1-n1c(CS(=O)(=O)[C@@H](C)[C@H](C)c2ncc(C)cn2)nnc1[C@H]1CCCOC1. The fourth-order valence-corrected chi connectivity index (χ4v) is 11.9. The van der Waals surface area contributed by atoms with Crippen LogP contribution >= 0.6 is 0 Å². The summed E-state index contributed by atoms with van der Waals surface area (Å²) >= 11 is 0. The van der Waals surface area contributed by atoms with Crippen LogP contribution in [0.4, 0.5) is 0 Å². The molecule has 2 aromatic carbocycles. The summed E-state index contributed by atoms with van der Waals surface area (Å²) in [4.78, 5) is 17.4. The van der Waals surface area contributed by atoms with Crippen molar-refractivity contribution in [2.45, 2.75) is 113 Å². The van der Waals surface area contributed by atoms with E-state index in [1.165, 1.54) is 0 Å². The number of hydrogen-bond acceptors (Lipinski definition) is 18. The Bertz CT molecular complexity index is 2730. The van der Waals surface area contributed by atoms with E-state index in [0.717, 1.165) is 36.8 Å². The largest absolute Gasteiger partial charge is 0.494 e. The fourth-order valence-electron chi connectivity index (χ4n) is 8.80. The molecule has 6 heterocycles. The first-order valence-electron chi connectivity index (χ1n) is 24.0. The van der Waals surface area contributed by atoms with Gasteiger partial charge in [0.25, 0.3) is 0 Å². The lowest BCUT2D eigenvalue weighted by molar-refractivity contribution is 0.0774. The molecular formula is C50H66N10O10S2. The summed E-state index contributed by atoms with van der Waals surface area (Å²) in [5.41, 5.74) is 2.97.